The van der Waals surface area contributed by atoms with E-state index in [-0.39, 0.29) is 11.8 Å². The molecule has 2 aliphatic heterocycles. The molecule has 0 aromatic heterocycles. The van der Waals surface area contributed by atoms with Crippen LogP contribution in [0.5, 0.6) is 11.5 Å². The number of hydrogen-bond acceptors (Lipinski definition) is 6. The molecule has 0 aliphatic carbocycles. The summed E-state index contributed by atoms with van der Waals surface area (Å²) in [5.41, 5.74) is 1.39. The highest BCUT2D eigenvalue weighted by atomic mass is 35.5. The second-order valence-electron chi connectivity index (χ2n) is 8.31. The first kappa shape index (κ1) is 24.3. The van der Waals surface area contributed by atoms with Crippen molar-refractivity contribution in [1.82, 2.24) is 14.7 Å². The summed E-state index contributed by atoms with van der Waals surface area (Å²) in [5, 5.41) is 0.635. The van der Waals surface area contributed by atoms with Gasteiger partial charge in [0, 0.05) is 55.4 Å². The van der Waals surface area contributed by atoms with Gasteiger partial charge >= 0.3 is 0 Å². The van der Waals surface area contributed by atoms with E-state index in [1.54, 1.807) is 30.2 Å². The van der Waals surface area contributed by atoms with Gasteiger partial charge in [-0.05, 0) is 24.3 Å². The summed E-state index contributed by atoms with van der Waals surface area (Å²) in [6.45, 7) is 5.67. The number of carbonyl (C=O) groups excluding carboxylic acids is 2. The van der Waals surface area contributed by atoms with Crippen molar-refractivity contribution in [2.75, 3.05) is 66.1 Å². The van der Waals surface area contributed by atoms with Crippen LogP contribution in [0.4, 0.5) is 0 Å². The Hall–Kier alpha value is -2.81. The predicted octanol–water partition coefficient (Wildman–Crippen LogP) is 2.54. The van der Waals surface area contributed by atoms with Crippen LogP contribution in [0.3, 0.4) is 0 Å². The number of nitrogens with zero attached hydrogens (tertiary/aromatic N) is 3. The quantitative estimate of drug-likeness (QED) is 0.597. The molecule has 0 unspecified atom stereocenters. The standard InChI is InChI=1S/C25H30ClN3O5/c1-32-23-16-19(6-7-22(23)34-18-20-4-2-3-5-21(20)26)25(31)29-10-8-28(9-11-29)24(30)17-27-12-14-33-15-13-27/h2-7,16H,8-15,17-18H2,1H3. The molecule has 0 atom stereocenters. The Balaban J connectivity index is 1.32. The average Bonchev–Trinajstić information content (AvgIpc) is 2.88. The molecule has 8 nitrogen and oxygen atoms in total. The van der Waals surface area contributed by atoms with E-state index in [0.717, 1.165) is 18.7 Å². The highest BCUT2D eigenvalue weighted by molar-refractivity contribution is 6.31. The van der Waals surface area contributed by atoms with Gasteiger partial charge in [0.05, 0.1) is 26.9 Å². The number of amides is 2. The molecule has 2 aromatic rings. The minimum atomic E-state index is -0.0868. The fourth-order valence-electron chi connectivity index (χ4n) is 4.08. The van der Waals surface area contributed by atoms with E-state index >= 15 is 0 Å². The van der Waals surface area contributed by atoms with Crippen molar-refractivity contribution in [2.45, 2.75) is 6.61 Å². The maximum Gasteiger partial charge on any atom is 0.254 e. The molecule has 0 spiro atoms. The maximum absolute atomic E-state index is 13.1. The van der Waals surface area contributed by atoms with E-state index in [1.165, 1.54) is 0 Å². The molecule has 2 aliphatic rings. The van der Waals surface area contributed by atoms with E-state index < -0.39 is 0 Å². The molecule has 2 fully saturated rings. The third-order valence-corrected chi connectivity index (χ3v) is 6.50. The normalized spacial score (nSPS) is 16.9. The summed E-state index contributed by atoms with van der Waals surface area (Å²) in [6.07, 6.45) is 0. The van der Waals surface area contributed by atoms with E-state index in [4.69, 9.17) is 25.8 Å². The molecule has 0 bridgehead atoms. The number of benzene rings is 2. The first-order valence-electron chi connectivity index (χ1n) is 11.5. The number of halogens is 1. The molecular formula is C25H30ClN3O5. The molecule has 34 heavy (non-hydrogen) atoms. The Morgan fingerprint density at radius 1 is 0.941 bits per heavy atom. The zero-order valence-electron chi connectivity index (χ0n) is 19.4. The van der Waals surface area contributed by atoms with Crippen LogP contribution in [-0.4, -0.2) is 92.7 Å². The van der Waals surface area contributed by atoms with E-state index in [1.807, 2.05) is 29.2 Å². The third-order valence-electron chi connectivity index (χ3n) is 6.13. The highest BCUT2D eigenvalue weighted by Crippen LogP contribution is 2.30. The van der Waals surface area contributed by atoms with Gasteiger partial charge in [-0.1, -0.05) is 29.8 Å². The van der Waals surface area contributed by atoms with Gasteiger partial charge in [0.1, 0.15) is 6.61 Å². The molecule has 2 aromatic carbocycles. The van der Waals surface area contributed by atoms with Crippen LogP contribution in [0.2, 0.25) is 5.02 Å². The topological polar surface area (TPSA) is 71.6 Å². The zero-order valence-corrected chi connectivity index (χ0v) is 20.1. The Bertz CT molecular complexity index is 1000. The number of methoxy groups -OCH3 is 1. The molecule has 9 heteroatoms. The first-order chi connectivity index (χ1) is 16.5. The largest absolute Gasteiger partial charge is 0.493 e. The van der Waals surface area contributed by atoms with Gasteiger partial charge in [-0.3, -0.25) is 14.5 Å². The molecule has 2 heterocycles. The van der Waals surface area contributed by atoms with Crippen molar-refractivity contribution in [2.24, 2.45) is 0 Å². The maximum atomic E-state index is 13.1. The lowest BCUT2D eigenvalue weighted by molar-refractivity contribution is -0.134. The molecule has 0 N–H and O–H groups in total. The predicted molar refractivity (Wildman–Crippen MR) is 129 cm³/mol. The van der Waals surface area contributed by atoms with Gasteiger partial charge in [-0.2, -0.15) is 0 Å². The van der Waals surface area contributed by atoms with Gasteiger partial charge < -0.3 is 24.0 Å². The van der Waals surface area contributed by atoms with Crippen molar-refractivity contribution in [1.29, 1.82) is 0 Å². The first-order valence-corrected chi connectivity index (χ1v) is 11.8. The van der Waals surface area contributed by atoms with Gasteiger partial charge in [-0.15, -0.1) is 0 Å². The van der Waals surface area contributed by atoms with Crippen molar-refractivity contribution in [3.8, 4) is 11.5 Å². The number of rotatable bonds is 7. The fraction of sp³-hybridized carbons (Fsp3) is 0.440. The number of hydrogen-bond donors (Lipinski definition) is 0. The number of carbonyl (C=O) groups is 2. The summed E-state index contributed by atoms with van der Waals surface area (Å²) in [4.78, 5) is 31.4. The third kappa shape index (κ3) is 6.00. The summed E-state index contributed by atoms with van der Waals surface area (Å²) in [5.74, 6) is 1.04. The minimum absolute atomic E-state index is 0.0868. The van der Waals surface area contributed by atoms with E-state index in [9.17, 15) is 9.59 Å². The van der Waals surface area contributed by atoms with E-state index in [0.29, 0.717) is 74.6 Å². The average molecular weight is 488 g/mol. The van der Waals surface area contributed by atoms with Gasteiger partial charge in [0.2, 0.25) is 5.91 Å². The Morgan fingerprint density at radius 3 is 2.35 bits per heavy atom. The van der Waals surface area contributed by atoms with Gasteiger partial charge in [0.25, 0.3) is 5.91 Å². The zero-order chi connectivity index (χ0) is 23.9. The SMILES string of the molecule is COc1cc(C(=O)N2CCN(C(=O)CN3CCOCC3)CC2)ccc1OCc1ccccc1Cl. The van der Waals surface area contributed by atoms with Crippen molar-refractivity contribution in [3.05, 3.63) is 58.6 Å². The second kappa shape index (κ2) is 11.6. The van der Waals surface area contributed by atoms with Crippen molar-refractivity contribution in [3.63, 3.8) is 0 Å². The summed E-state index contributed by atoms with van der Waals surface area (Å²) >= 11 is 6.20. The smallest absolute Gasteiger partial charge is 0.254 e. The van der Waals surface area contributed by atoms with E-state index in [2.05, 4.69) is 4.90 Å². The molecule has 2 amide bonds. The minimum Gasteiger partial charge on any atom is -0.493 e. The Kier molecular flexibility index (Phi) is 8.26. The van der Waals surface area contributed by atoms with Crippen LogP contribution in [-0.2, 0) is 16.1 Å². The van der Waals surface area contributed by atoms with Crippen molar-refractivity contribution < 1.29 is 23.8 Å². The molecule has 4 rings (SSSR count). The lowest BCUT2D eigenvalue weighted by Gasteiger charge is -2.36. The Morgan fingerprint density at radius 2 is 1.65 bits per heavy atom. The summed E-state index contributed by atoms with van der Waals surface area (Å²) in [6, 6.07) is 12.7. The van der Waals surface area contributed by atoms with Crippen LogP contribution in [0.25, 0.3) is 0 Å². The summed E-state index contributed by atoms with van der Waals surface area (Å²) < 4.78 is 16.7. The molecule has 2 saturated heterocycles. The lowest BCUT2D eigenvalue weighted by atomic mass is 10.1. The van der Waals surface area contributed by atoms with Gasteiger partial charge in [0.15, 0.2) is 11.5 Å². The monoisotopic (exact) mass is 487 g/mol. The molecular weight excluding hydrogens is 458 g/mol. The molecule has 0 radical (unpaired) electrons. The van der Waals surface area contributed by atoms with Crippen LogP contribution in [0.15, 0.2) is 42.5 Å². The summed E-state index contributed by atoms with van der Waals surface area (Å²) in [7, 11) is 1.55. The molecule has 182 valence electrons. The number of ether oxygens (including phenoxy) is 3. The Labute approximate surface area is 204 Å². The molecule has 0 saturated carbocycles. The van der Waals surface area contributed by atoms with Crippen LogP contribution >= 0.6 is 11.6 Å². The number of morpholine rings is 1. The number of piperazine rings is 1. The van der Waals surface area contributed by atoms with Crippen LogP contribution in [0.1, 0.15) is 15.9 Å². The lowest BCUT2D eigenvalue weighted by Crippen LogP contribution is -2.53. The van der Waals surface area contributed by atoms with Crippen LogP contribution < -0.4 is 9.47 Å². The van der Waals surface area contributed by atoms with Crippen LogP contribution in [0, 0.1) is 0 Å². The fourth-order valence-corrected chi connectivity index (χ4v) is 4.27. The second-order valence-corrected chi connectivity index (χ2v) is 8.71. The highest BCUT2D eigenvalue weighted by Gasteiger charge is 2.26. The van der Waals surface area contributed by atoms with Gasteiger partial charge in [-0.25, -0.2) is 0 Å². The van der Waals surface area contributed by atoms with Crippen molar-refractivity contribution >= 4 is 23.4 Å².